The van der Waals surface area contributed by atoms with Gasteiger partial charge in [-0.2, -0.15) is 5.26 Å². The van der Waals surface area contributed by atoms with E-state index in [9.17, 15) is 9.59 Å². The van der Waals surface area contributed by atoms with Gasteiger partial charge in [-0.1, -0.05) is 12.8 Å². The molecule has 0 atom stereocenters. The summed E-state index contributed by atoms with van der Waals surface area (Å²) in [7, 11) is 1.65. The Morgan fingerprint density at radius 3 is 2.64 bits per heavy atom. The molecule has 1 aromatic rings. The molecule has 0 aliphatic heterocycles. The maximum absolute atomic E-state index is 12.8. The Kier molecular flexibility index (Phi) is 6.77. The Hall–Kier alpha value is -2.13. The van der Waals surface area contributed by atoms with Crippen molar-refractivity contribution in [1.29, 1.82) is 5.26 Å². The van der Waals surface area contributed by atoms with Crippen LogP contribution in [-0.2, 0) is 16.0 Å². The first kappa shape index (κ1) is 19.2. The van der Waals surface area contributed by atoms with Crippen LogP contribution in [0.4, 0.5) is 0 Å². The van der Waals surface area contributed by atoms with E-state index in [4.69, 9.17) is 10.00 Å². The Morgan fingerprint density at radius 2 is 2.04 bits per heavy atom. The van der Waals surface area contributed by atoms with Crippen molar-refractivity contribution in [3.05, 3.63) is 32.7 Å². The fourth-order valence-corrected chi connectivity index (χ4v) is 3.71. The number of methoxy groups -OCH3 is 1. The predicted molar refractivity (Wildman–Crippen MR) is 95.4 cm³/mol. The number of aryl methyl sites for hydroxylation is 1. The lowest BCUT2D eigenvalue weighted by molar-refractivity contribution is -0.134. The zero-order valence-corrected chi connectivity index (χ0v) is 15.4. The zero-order chi connectivity index (χ0) is 18.4. The average Bonchev–Trinajstić information content (AvgIpc) is 3.09. The summed E-state index contributed by atoms with van der Waals surface area (Å²) in [5.74, 6) is 0.118. The van der Waals surface area contributed by atoms with Crippen LogP contribution in [0.1, 0.15) is 54.5 Å². The number of amides is 1. The minimum Gasteiger partial charge on any atom is -0.383 e. The Labute approximate surface area is 148 Å². The summed E-state index contributed by atoms with van der Waals surface area (Å²) in [5, 5.41) is 9.16. The normalized spacial score (nSPS) is 14.5. The number of rotatable bonds is 7. The molecule has 1 fully saturated rings. The minimum absolute atomic E-state index is 0.118. The highest BCUT2D eigenvalue weighted by Gasteiger charge is 2.26. The third-order valence-electron chi connectivity index (χ3n) is 5.13. The van der Waals surface area contributed by atoms with Crippen LogP contribution in [-0.4, -0.2) is 42.1 Å². The van der Waals surface area contributed by atoms with Crippen LogP contribution in [0.3, 0.4) is 0 Å². The van der Waals surface area contributed by atoms with Crippen LogP contribution in [0.5, 0.6) is 0 Å². The fraction of sp³-hybridized carbons (Fsp3) is 0.632. The number of ether oxygens (including phenoxy) is 1. The predicted octanol–water partition coefficient (Wildman–Crippen LogP) is 2.21. The summed E-state index contributed by atoms with van der Waals surface area (Å²) < 4.78 is 5.16. The lowest BCUT2D eigenvalue weighted by Gasteiger charge is -2.29. The summed E-state index contributed by atoms with van der Waals surface area (Å²) >= 11 is 0. The van der Waals surface area contributed by atoms with E-state index in [2.05, 4.69) is 4.98 Å². The Morgan fingerprint density at radius 1 is 1.36 bits per heavy atom. The van der Waals surface area contributed by atoms with Crippen molar-refractivity contribution in [2.45, 2.75) is 58.4 Å². The number of nitriles is 1. The van der Waals surface area contributed by atoms with Crippen molar-refractivity contribution >= 4 is 5.91 Å². The van der Waals surface area contributed by atoms with E-state index in [1.165, 1.54) is 12.8 Å². The van der Waals surface area contributed by atoms with E-state index in [0.29, 0.717) is 37.6 Å². The second-order valence-electron chi connectivity index (χ2n) is 6.69. The Bertz CT molecular complexity index is 712. The van der Waals surface area contributed by atoms with E-state index in [1.54, 1.807) is 14.0 Å². The highest BCUT2D eigenvalue weighted by Crippen LogP contribution is 2.24. The van der Waals surface area contributed by atoms with E-state index >= 15 is 0 Å². The molecule has 0 aromatic carbocycles. The van der Waals surface area contributed by atoms with Crippen LogP contribution in [0.15, 0.2) is 4.79 Å². The SMILES string of the molecule is COCCN(C(=O)CCc1c(C)[nH]c(=O)c(C#N)c1C)C1CCCC1. The maximum Gasteiger partial charge on any atom is 0.266 e. The number of aromatic amines is 1. The lowest BCUT2D eigenvalue weighted by Crippen LogP contribution is -2.41. The molecule has 25 heavy (non-hydrogen) atoms. The van der Waals surface area contributed by atoms with Gasteiger partial charge in [0.1, 0.15) is 11.6 Å². The molecule has 6 heteroatoms. The van der Waals surface area contributed by atoms with Gasteiger partial charge in [0.2, 0.25) is 5.91 Å². The molecule has 1 aromatic heterocycles. The second kappa shape index (κ2) is 8.82. The molecular formula is C19H27N3O3. The van der Waals surface area contributed by atoms with Crippen LogP contribution >= 0.6 is 0 Å². The number of hydrogen-bond donors (Lipinski definition) is 1. The molecule has 1 amide bonds. The Balaban J connectivity index is 2.12. The van der Waals surface area contributed by atoms with Gasteiger partial charge < -0.3 is 14.6 Å². The standard InChI is InChI=1S/C19H27N3O3/c1-13-16(14(2)21-19(24)17(13)12-20)8-9-18(23)22(10-11-25-3)15-6-4-5-7-15/h15H,4-11H2,1-3H3,(H,21,24). The van der Waals surface area contributed by atoms with Gasteiger partial charge >= 0.3 is 0 Å². The zero-order valence-electron chi connectivity index (χ0n) is 15.4. The number of H-pyrrole nitrogens is 1. The molecule has 0 saturated heterocycles. The number of carbonyl (C=O) groups is 1. The summed E-state index contributed by atoms with van der Waals surface area (Å²) in [4.78, 5) is 29.3. The molecular weight excluding hydrogens is 318 g/mol. The van der Waals surface area contributed by atoms with Crippen molar-refractivity contribution in [2.24, 2.45) is 0 Å². The smallest absolute Gasteiger partial charge is 0.266 e. The molecule has 0 bridgehead atoms. The van der Waals surface area contributed by atoms with Gasteiger partial charge in [-0.3, -0.25) is 9.59 Å². The molecule has 0 spiro atoms. The van der Waals surface area contributed by atoms with Crippen LogP contribution in [0, 0.1) is 25.2 Å². The molecule has 1 heterocycles. The first-order chi connectivity index (χ1) is 12.0. The van der Waals surface area contributed by atoms with Crippen molar-refractivity contribution in [3.8, 4) is 6.07 Å². The second-order valence-corrected chi connectivity index (χ2v) is 6.69. The van der Waals surface area contributed by atoms with Gasteiger partial charge in [-0.15, -0.1) is 0 Å². The highest BCUT2D eigenvalue weighted by atomic mass is 16.5. The van der Waals surface area contributed by atoms with Crippen LogP contribution in [0.25, 0.3) is 0 Å². The first-order valence-corrected chi connectivity index (χ1v) is 8.90. The third-order valence-corrected chi connectivity index (χ3v) is 5.13. The molecule has 6 nitrogen and oxygen atoms in total. The highest BCUT2D eigenvalue weighted by molar-refractivity contribution is 5.77. The summed E-state index contributed by atoms with van der Waals surface area (Å²) in [6.45, 7) is 4.75. The monoisotopic (exact) mass is 345 g/mol. The maximum atomic E-state index is 12.8. The van der Waals surface area contributed by atoms with Crippen LogP contribution in [0.2, 0.25) is 0 Å². The van der Waals surface area contributed by atoms with Gasteiger partial charge in [-0.25, -0.2) is 0 Å². The molecule has 0 radical (unpaired) electrons. The van der Waals surface area contributed by atoms with Gasteiger partial charge in [0.05, 0.1) is 6.61 Å². The van der Waals surface area contributed by atoms with E-state index in [1.807, 2.05) is 17.9 Å². The molecule has 0 unspecified atom stereocenters. The topological polar surface area (TPSA) is 86.2 Å². The molecule has 136 valence electrons. The van der Waals surface area contributed by atoms with Gasteiger partial charge in [-0.05, 0) is 44.2 Å². The van der Waals surface area contributed by atoms with Gasteiger partial charge in [0.25, 0.3) is 5.56 Å². The average molecular weight is 345 g/mol. The number of aromatic nitrogens is 1. The number of hydrogen-bond acceptors (Lipinski definition) is 4. The van der Waals surface area contributed by atoms with Crippen molar-refractivity contribution in [1.82, 2.24) is 9.88 Å². The molecule has 2 rings (SSSR count). The molecule has 1 saturated carbocycles. The number of nitrogens with one attached hydrogen (secondary N) is 1. The number of carbonyl (C=O) groups excluding carboxylic acids is 1. The fourth-order valence-electron chi connectivity index (χ4n) is 3.71. The van der Waals surface area contributed by atoms with E-state index < -0.39 is 0 Å². The van der Waals surface area contributed by atoms with Crippen molar-refractivity contribution in [2.75, 3.05) is 20.3 Å². The lowest BCUT2D eigenvalue weighted by atomic mass is 9.98. The van der Waals surface area contributed by atoms with Gasteiger partial charge in [0.15, 0.2) is 0 Å². The minimum atomic E-state index is -0.361. The molecule has 1 aliphatic rings. The van der Waals surface area contributed by atoms with Gasteiger partial charge in [0, 0.05) is 31.8 Å². The van der Waals surface area contributed by atoms with Crippen LogP contribution < -0.4 is 5.56 Å². The summed E-state index contributed by atoms with van der Waals surface area (Å²) in [6, 6.07) is 2.27. The summed E-state index contributed by atoms with van der Waals surface area (Å²) in [6.07, 6.45) is 5.36. The summed E-state index contributed by atoms with van der Waals surface area (Å²) in [5.41, 5.74) is 2.09. The number of pyridine rings is 1. The first-order valence-electron chi connectivity index (χ1n) is 8.90. The largest absolute Gasteiger partial charge is 0.383 e. The third kappa shape index (κ3) is 4.49. The van der Waals surface area contributed by atoms with Crippen molar-refractivity contribution in [3.63, 3.8) is 0 Å². The van der Waals surface area contributed by atoms with E-state index in [-0.39, 0.29) is 17.0 Å². The van der Waals surface area contributed by atoms with E-state index in [0.717, 1.165) is 24.1 Å². The van der Waals surface area contributed by atoms with Crippen molar-refractivity contribution < 1.29 is 9.53 Å². The molecule has 1 aliphatic carbocycles. The number of nitrogens with zero attached hydrogens (tertiary/aromatic N) is 2. The quantitative estimate of drug-likeness (QED) is 0.821. The molecule has 1 N–H and O–H groups in total.